The highest BCUT2D eigenvalue weighted by Crippen LogP contribution is 2.20. The highest BCUT2D eigenvalue weighted by atomic mass is 16.5. The van der Waals surface area contributed by atoms with Crippen LogP contribution in [0.3, 0.4) is 0 Å². The fourth-order valence-corrected chi connectivity index (χ4v) is 2.07. The molecule has 1 aliphatic carbocycles. The van der Waals surface area contributed by atoms with E-state index in [2.05, 4.69) is 15.4 Å². The van der Waals surface area contributed by atoms with Crippen LogP contribution < -0.4 is 5.32 Å². The van der Waals surface area contributed by atoms with Crippen molar-refractivity contribution in [1.82, 2.24) is 20.1 Å². The normalized spacial score (nSPS) is 16.4. The summed E-state index contributed by atoms with van der Waals surface area (Å²) in [7, 11) is 0. The Hall–Kier alpha value is -1.43. The number of aryl methyl sites for hydroxylation is 3. The summed E-state index contributed by atoms with van der Waals surface area (Å²) in [5, 5.41) is 7.64. The van der Waals surface area contributed by atoms with Crippen molar-refractivity contribution in [1.29, 1.82) is 0 Å². The molecule has 1 atom stereocenters. The molecular weight excluding hydrogens is 244 g/mol. The lowest BCUT2D eigenvalue weighted by Gasteiger charge is -2.17. The van der Waals surface area contributed by atoms with Gasteiger partial charge in [-0.1, -0.05) is 0 Å². The topological polar surface area (TPSA) is 69.0 Å². The molecule has 1 aromatic heterocycles. The van der Waals surface area contributed by atoms with Gasteiger partial charge >= 0.3 is 5.97 Å². The minimum atomic E-state index is -0.239. The minimum absolute atomic E-state index is 0.163. The number of hydrogen-bond donors (Lipinski definition) is 1. The first-order valence-corrected chi connectivity index (χ1v) is 6.91. The number of ether oxygens (including phenoxy) is 1. The molecule has 0 saturated heterocycles. The van der Waals surface area contributed by atoms with Crippen molar-refractivity contribution in [2.45, 2.75) is 58.7 Å². The second-order valence-electron chi connectivity index (χ2n) is 4.96. The molecule has 0 spiro atoms. The predicted octanol–water partition coefficient (Wildman–Crippen LogP) is 0.969. The molecule has 19 heavy (non-hydrogen) atoms. The number of rotatable bonds is 7. The first-order valence-electron chi connectivity index (χ1n) is 6.91. The van der Waals surface area contributed by atoms with Gasteiger partial charge in [0, 0.05) is 12.6 Å². The van der Waals surface area contributed by atoms with Crippen LogP contribution in [0.5, 0.6) is 0 Å². The molecule has 0 aliphatic heterocycles. The monoisotopic (exact) mass is 266 g/mol. The van der Waals surface area contributed by atoms with Crippen LogP contribution in [0.1, 0.15) is 37.8 Å². The fourth-order valence-electron chi connectivity index (χ4n) is 2.07. The Morgan fingerprint density at radius 3 is 2.79 bits per heavy atom. The SMILES string of the molecule is CCOC(=O)C(CCn1nc(C)nc1C)NC1CC1. The largest absolute Gasteiger partial charge is 0.465 e. The maximum absolute atomic E-state index is 11.9. The minimum Gasteiger partial charge on any atom is -0.465 e. The number of esters is 1. The van der Waals surface area contributed by atoms with Crippen LogP contribution in [0, 0.1) is 13.8 Å². The van der Waals surface area contributed by atoms with Crippen molar-refractivity contribution in [3.63, 3.8) is 0 Å². The van der Waals surface area contributed by atoms with Crippen LogP contribution in [0.2, 0.25) is 0 Å². The van der Waals surface area contributed by atoms with E-state index in [0.29, 0.717) is 25.6 Å². The first-order chi connectivity index (χ1) is 9.10. The third-order valence-corrected chi connectivity index (χ3v) is 3.18. The Labute approximate surface area is 113 Å². The molecule has 6 nitrogen and oxygen atoms in total. The molecular formula is C13H22N4O2. The molecule has 0 aromatic carbocycles. The third kappa shape index (κ3) is 4.02. The molecule has 0 bridgehead atoms. The second kappa shape index (κ2) is 6.14. The molecule has 106 valence electrons. The Morgan fingerprint density at radius 1 is 1.53 bits per heavy atom. The van der Waals surface area contributed by atoms with Crippen molar-refractivity contribution in [3.05, 3.63) is 11.6 Å². The summed E-state index contributed by atoms with van der Waals surface area (Å²) < 4.78 is 6.95. The van der Waals surface area contributed by atoms with Gasteiger partial charge in [-0.05, 0) is 40.0 Å². The van der Waals surface area contributed by atoms with Crippen LogP contribution in [0.15, 0.2) is 0 Å². The molecule has 1 heterocycles. The van der Waals surface area contributed by atoms with Crippen molar-refractivity contribution in [2.75, 3.05) is 6.61 Å². The number of carbonyl (C=O) groups is 1. The average molecular weight is 266 g/mol. The van der Waals surface area contributed by atoms with E-state index in [0.717, 1.165) is 24.5 Å². The van der Waals surface area contributed by atoms with E-state index < -0.39 is 0 Å². The molecule has 0 amide bonds. The lowest BCUT2D eigenvalue weighted by atomic mass is 10.2. The average Bonchev–Trinajstić information content (AvgIpc) is 3.10. The molecule has 2 rings (SSSR count). The zero-order chi connectivity index (χ0) is 13.8. The molecule has 0 radical (unpaired) electrons. The number of hydrogen-bond acceptors (Lipinski definition) is 5. The number of aromatic nitrogens is 3. The lowest BCUT2D eigenvalue weighted by Crippen LogP contribution is -2.40. The molecule has 6 heteroatoms. The van der Waals surface area contributed by atoms with Gasteiger partial charge in [-0.2, -0.15) is 5.10 Å². The van der Waals surface area contributed by atoms with Crippen molar-refractivity contribution in [3.8, 4) is 0 Å². The van der Waals surface area contributed by atoms with Crippen LogP contribution in [-0.4, -0.2) is 39.4 Å². The zero-order valence-corrected chi connectivity index (χ0v) is 11.8. The molecule has 1 unspecified atom stereocenters. The Morgan fingerprint density at radius 2 is 2.26 bits per heavy atom. The standard InChI is InChI=1S/C13H22N4O2/c1-4-19-13(18)12(15-11-5-6-11)7-8-17-10(3)14-9(2)16-17/h11-12,15H,4-8H2,1-3H3. The summed E-state index contributed by atoms with van der Waals surface area (Å²) in [5.74, 6) is 1.48. The van der Waals surface area contributed by atoms with E-state index >= 15 is 0 Å². The summed E-state index contributed by atoms with van der Waals surface area (Å²) in [6.45, 7) is 6.72. The van der Waals surface area contributed by atoms with Crippen molar-refractivity contribution < 1.29 is 9.53 Å². The summed E-state index contributed by atoms with van der Waals surface area (Å²) in [5.41, 5.74) is 0. The van der Waals surface area contributed by atoms with Crippen LogP contribution in [-0.2, 0) is 16.1 Å². The van der Waals surface area contributed by atoms with Gasteiger partial charge in [0.25, 0.3) is 0 Å². The van der Waals surface area contributed by atoms with Crippen LogP contribution >= 0.6 is 0 Å². The summed E-state index contributed by atoms with van der Waals surface area (Å²) in [4.78, 5) is 16.1. The molecule has 1 aliphatic rings. The maximum atomic E-state index is 11.9. The van der Waals surface area contributed by atoms with E-state index in [-0.39, 0.29) is 12.0 Å². The Bertz CT molecular complexity index is 440. The maximum Gasteiger partial charge on any atom is 0.323 e. The van der Waals surface area contributed by atoms with Crippen molar-refractivity contribution >= 4 is 5.97 Å². The van der Waals surface area contributed by atoms with E-state index in [4.69, 9.17) is 4.74 Å². The van der Waals surface area contributed by atoms with Gasteiger partial charge in [-0.3, -0.25) is 9.48 Å². The van der Waals surface area contributed by atoms with E-state index in [1.54, 1.807) is 0 Å². The van der Waals surface area contributed by atoms with Gasteiger partial charge < -0.3 is 10.1 Å². The van der Waals surface area contributed by atoms with E-state index in [1.165, 1.54) is 0 Å². The number of nitrogens with one attached hydrogen (secondary N) is 1. The van der Waals surface area contributed by atoms with E-state index in [1.807, 2.05) is 25.5 Å². The zero-order valence-electron chi connectivity index (χ0n) is 11.8. The van der Waals surface area contributed by atoms with Gasteiger partial charge in [0.05, 0.1) is 6.61 Å². The van der Waals surface area contributed by atoms with Crippen LogP contribution in [0.25, 0.3) is 0 Å². The lowest BCUT2D eigenvalue weighted by molar-refractivity contribution is -0.146. The summed E-state index contributed by atoms with van der Waals surface area (Å²) in [6.07, 6.45) is 2.98. The Balaban J connectivity index is 1.91. The number of nitrogens with zero attached hydrogens (tertiary/aromatic N) is 3. The predicted molar refractivity (Wildman–Crippen MR) is 70.7 cm³/mol. The molecule has 1 aromatic rings. The molecule has 1 fully saturated rings. The second-order valence-corrected chi connectivity index (χ2v) is 4.96. The smallest absolute Gasteiger partial charge is 0.323 e. The van der Waals surface area contributed by atoms with Gasteiger partial charge in [0.15, 0.2) is 0 Å². The molecule has 1 saturated carbocycles. The van der Waals surface area contributed by atoms with Crippen LogP contribution in [0.4, 0.5) is 0 Å². The highest BCUT2D eigenvalue weighted by Gasteiger charge is 2.29. The summed E-state index contributed by atoms with van der Waals surface area (Å²) in [6, 6.07) is 0.240. The Kier molecular flexibility index (Phi) is 4.52. The van der Waals surface area contributed by atoms with Gasteiger partial charge in [0.2, 0.25) is 0 Å². The van der Waals surface area contributed by atoms with E-state index in [9.17, 15) is 4.79 Å². The van der Waals surface area contributed by atoms with Crippen molar-refractivity contribution in [2.24, 2.45) is 0 Å². The van der Waals surface area contributed by atoms with Gasteiger partial charge in [-0.25, -0.2) is 4.98 Å². The quantitative estimate of drug-likeness (QED) is 0.745. The van der Waals surface area contributed by atoms with Gasteiger partial charge in [0.1, 0.15) is 17.7 Å². The van der Waals surface area contributed by atoms with Gasteiger partial charge in [-0.15, -0.1) is 0 Å². The molecule has 1 N–H and O–H groups in total. The third-order valence-electron chi connectivity index (χ3n) is 3.18. The fraction of sp³-hybridized carbons (Fsp3) is 0.769. The number of carbonyl (C=O) groups excluding carboxylic acids is 1. The first kappa shape index (κ1) is 14.0. The summed E-state index contributed by atoms with van der Waals surface area (Å²) >= 11 is 0. The highest BCUT2D eigenvalue weighted by molar-refractivity contribution is 5.75.